The molecule has 0 aliphatic rings. The van der Waals surface area contributed by atoms with Crippen LogP contribution in [0.5, 0.6) is 0 Å². The van der Waals surface area contributed by atoms with Crippen LogP contribution in [0.1, 0.15) is 13.8 Å². The summed E-state index contributed by atoms with van der Waals surface area (Å²) in [6.07, 6.45) is 4.96. The predicted octanol–water partition coefficient (Wildman–Crippen LogP) is -3.23. The topological polar surface area (TPSA) is 61.4 Å². The Balaban J connectivity index is 0.00000289. The number of carbonyl (C=O) groups excluding carboxylic acids is 2. The standard InChI is InChI=1S/C11H17N2O4.BrH/c1-5-17-10(15)11(2,9(14)16-4)13-7-6-12(3)8-13;/h6-8H,5H2,1-4H3;1H/q+1;/p-1/t11-;/m1./s1. The van der Waals surface area contributed by atoms with Crippen molar-refractivity contribution >= 4 is 11.9 Å². The van der Waals surface area contributed by atoms with Gasteiger partial charge in [-0.3, -0.25) is 0 Å². The van der Waals surface area contributed by atoms with E-state index >= 15 is 0 Å². The van der Waals surface area contributed by atoms with Crippen LogP contribution in [0.25, 0.3) is 0 Å². The van der Waals surface area contributed by atoms with Crippen LogP contribution in [0.3, 0.4) is 0 Å². The Bertz CT molecular complexity index is 432. The number of carbonyl (C=O) groups is 2. The van der Waals surface area contributed by atoms with Crippen molar-refractivity contribution in [3.63, 3.8) is 0 Å². The molecule has 1 aromatic rings. The van der Waals surface area contributed by atoms with Crippen molar-refractivity contribution in [3.8, 4) is 0 Å². The number of methoxy groups -OCH3 is 1. The molecular formula is C11H17BrN2O4. The molecule has 0 saturated carbocycles. The van der Waals surface area contributed by atoms with Crippen LogP contribution >= 0.6 is 0 Å². The molecule has 0 amide bonds. The largest absolute Gasteiger partial charge is 1.00 e. The SMILES string of the molecule is CCOC(=O)[C@@](C)(C(=O)OC)n1cc[n+](C)c1.[Br-]. The number of imidazole rings is 1. The first-order valence-electron chi connectivity index (χ1n) is 5.26. The van der Waals surface area contributed by atoms with Crippen molar-refractivity contribution in [2.45, 2.75) is 19.4 Å². The molecule has 18 heavy (non-hydrogen) atoms. The van der Waals surface area contributed by atoms with Gasteiger partial charge in [-0.25, -0.2) is 18.7 Å². The van der Waals surface area contributed by atoms with E-state index in [2.05, 4.69) is 4.74 Å². The molecule has 0 spiro atoms. The first-order valence-corrected chi connectivity index (χ1v) is 5.26. The van der Waals surface area contributed by atoms with Gasteiger partial charge in [0.05, 0.1) is 20.8 Å². The Morgan fingerprint density at radius 1 is 1.39 bits per heavy atom. The van der Waals surface area contributed by atoms with Crippen molar-refractivity contribution in [3.05, 3.63) is 18.7 Å². The van der Waals surface area contributed by atoms with E-state index in [-0.39, 0.29) is 23.6 Å². The first-order chi connectivity index (χ1) is 7.96. The maximum atomic E-state index is 11.9. The molecule has 1 heterocycles. The van der Waals surface area contributed by atoms with Gasteiger partial charge in [0.15, 0.2) is 0 Å². The lowest BCUT2D eigenvalue weighted by Crippen LogP contribution is -3.00. The zero-order valence-corrected chi connectivity index (χ0v) is 12.4. The van der Waals surface area contributed by atoms with E-state index < -0.39 is 17.5 Å². The van der Waals surface area contributed by atoms with Gasteiger partial charge in [0.2, 0.25) is 6.33 Å². The highest BCUT2D eigenvalue weighted by Gasteiger charge is 2.50. The molecule has 0 aromatic carbocycles. The fraction of sp³-hybridized carbons (Fsp3) is 0.545. The molecule has 0 unspecified atom stereocenters. The number of nitrogens with zero attached hydrogens (tertiary/aromatic N) is 2. The Hall–Kier alpha value is -1.37. The van der Waals surface area contributed by atoms with Crippen molar-refractivity contribution in [1.29, 1.82) is 0 Å². The van der Waals surface area contributed by atoms with Gasteiger partial charge in [-0.2, -0.15) is 0 Å². The fourth-order valence-corrected chi connectivity index (χ4v) is 1.48. The number of rotatable bonds is 4. The Kier molecular flexibility index (Phi) is 6.04. The molecule has 0 bridgehead atoms. The average molecular weight is 321 g/mol. The molecule has 1 aromatic heterocycles. The van der Waals surface area contributed by atoms with E-state index in [1.807, 2.05) is 0 Å². The quantitative estimate of drug-likeness (QED) is 0.332. The zero-order chi connectivity index (χ0) is 13.1. The van der Waals surface area contributed by atoms with E-state index in [0.717, 1.165) is 0 Å². The summed E-state index contributed by atoms with van der Waals surface area (Å²) in [6.45, 7) is 3.36. The van der Waals surface area contributed by atoms with Gasteiger partial charge in [-0.05, 0) is 6.92 Å². The van der Waals surface area contributed by atoms with Gasteiger partial charge >= 0.3 is 17.5 Å². The van der Waals surface area contributed by atoms with E-state index in [0.29, 0.717) is 0 Å². The number of hydrogen-bond acceptors (Lipinski definition) is 4. The summed E-state index contributed by atoms with van der Waals surface area (Å²) in [5, 5.41) is 0. The number of hydrogen-bond donors (Lipinski definition) is 0. The summed E-state index contributed by atoms with van der Waals surface area (Å²) in [4.78, 5) is 23.7. The van der Waals surface area contributed by atoms with Crippen LogP contribution in [0.15, 0.2) is 18.7 Å². The number of aryl methyl sites for hydroxylation is 1. The normalized spacial score (nSPS) is 13.1. The first kappa shape index (κ1) is 16.6. The second-order valence-electron chi connectivity index (χ2n) is 3.77. The minimum atomic E-state index is -1.49. The Labute approximate surface area is 116 Å². The van der Waals surface area contributed by atoms with Crippen LogP contribution < -0.4 is 21.5 Å². The monoisotopic (exact) mass is 320 g/mol. The van der Waals surface area contributed by atoms with Gasteiger partial charge < -0.3 is 26.5 Å². The molecule has 1 rings (SSSR count). The average Bonchev–Trinajstić information content (AvgIpc) is 2.74. The second-order valence-corrected chi connectivity index (χ2v) is 3.77. The van der Waals surface area contributed by atoms with Gasteiger partial charge in [-0.15, -0.1) is 0 Å². The lowest BCUT2D eigenvalue weighted by Gasteiger charge is -2.20. The number of halogens is 1. The molecule has 0 radical (unpaired) electrons. The minimum Gasteiger partial charge on any atom is -1.00 e. The molecule has 0 aliphatic carbocycles. The highest BCUT2D eigenvalue weighted by atomic mass is 79.9. The molecule has 0 N–H and O–H groups in total. The molecule has 1 atom stereocenters. The maximum Gasteiger partial charge on any atom is 0.366 e. The number of aromatic nitrogens is 2. The van der Waals surface area contributed by atoms with Gasteiger partial charge in [-0.1, -0.05) is 0 Å². The third kappa shape index (κ3) is 2.90. The van der Waals surface area contributed by atoms with Crippen LogP contribution in [0.2, 0.25) is 0 Å². The highest BCUT2D eigenvalue weighted by molar-refractivity contribution is 6.01. The minimum absolute atomic E-state index is 0. The Morgan fingerprint density at radius 2 is 2.00 bits per heavy atom. The van der Waals surface area contributed by atoms with E-state index in [1.54, 1.807) is 37.3 Å². The molecule has 0 fully saturated rings. The van der Waals surface area contributed by atoms with Crippen LogP contribution in [0.4, 0.5) is 0 Å². The van der Waals surface area contributed by atoms with E-state index in [4.69, 9.17) is 4.74 Å². The summed E-state index contributed by atoms with van der Waals surface area (Å²) in [5.74, 6) is -1.30. The predicted molar refractivity (Wildman–Crippen MR) is 57.9 cm³/mol. The molecule has 0 saturated heterocycles. The molecule has 0 aliphatic heterocycles. The number of esters is 2. The van der Waals surface area contributed by atoms with Gasteiger partial charge in [0.1, 0.15) is 12.4 Å². The van der Waals surface area contributed by atoms with Gasteiger partial charge in [0.25, 0.3) is 0 Å². The summed E-state index contributed by atoms with van der Waals surface area (Å²) in [7, 11) is 3.03. The smallest absolute Gasteiger partial charge is 0.366 e. The molecule has 102 valence electrons. The lowest BCUT2D eigenvalue weighted by atomic mass is 10.0. The van der Waals surface area contributed by atoms with Crippen molar-refractivity contribution in [2.75, 3.05) is 13.7 Å². The third-order valence-electron chi connectivity index (χ3n) is 2.54. The van der Waals surface area contributed by atoms with Crippen LogP contribution in [0, 0.1) is 0 Å². The second kappa shape index (κ2) is 6.53. The van der Waals surface area contributed by atoms with E-state index in [9.17, 15) is 9.59 Å². The third-order valence-corrected chi connectivity index (χ3v) is 2.54. The highest BCUT2D eigenvalue weighted by Crippen LogP contribution is 2.19. The van der Waals surface area contributed by atoms with Crippen LogP contribution in [-0.2, 0) is 31.6 Å². The molecule has 7 heteroatoms. The Morgan fingerprint density at radius 3 is 2.39 bits per heavy atom. The fourth-order valence-electron chi connectivity index (χ4n) is 1.48. The molecule has 6 nitrogen and oxygen atoms in total. The summed E-state index contributed by atoms with van der Waals surface area (Å²) in [6, 6.07) is 0. The lowest BCUT2D eigenvalue weighted by molar-refractivity contribution is -0.671. The summed E-state index contributed by atoms with van der Waals surface area (Å²) < 4.78 is 12.8. The summed E-state index contributed by atoms with van der Waals surface area (Å²) in [5.41, 5.74) is -1.49. The maximum absolute atomic E-state index is 11.9. The van der Waals surface area contributed by atoms with Crippen molar-refractivity contribution in [2.24, 2.45) is 7.05 Å². The van der Waals surface area contributed by atoms with E-state index in [1.165, 1.54) is 18.6 Å². The van der Waals surface area contributed by atoms with Gasteiger partial charge in [0, 0.05) is 6.92 Å². The number of ether oxygens (including phenoxy) is 2. The van der Waals surface area contributed by atoms with Crippen LogP contribution in [-0.4, -0.2) is 30.2 Å². The molecular weight excluding hydrogens is 304 g/mol. The van der Waals surface area contributed by atoms with Crippen molar-refractivity contribution < 1.29 is 40.6 Å². The van der Waals surface area contributed by atoms with Crippen molar-refractivity contribution in [1.82, 2.24) is 4.57 Å². The zero-order valence-electron chi connectivity index (χ0n) is 10.8. The summed E-state index contributed by atoms with van der Waals surface area (Å²) >= 11 is 0.